The van der Waals surface area contributed by atoms with Gasteiger partial charge in [0.1, 0.15) is 21.6 Å². The molecule has 42 heavy (non-hydrogen) atoms. The molecule has 15 heteroatoms. The van der Waals surface area contributed by atoms with E-state index in [-0.39, 0.29) is 47.7 Å². The summed E-state index contributed by atoms with van der Waals surface area (Å²) in [6.45, 7) is 1.88. The van der Waals surface area contributed by atoms with Gasteiger partial charge in [0.15, 0.2) is 0 Å². The molecule has 3 aromatic rings. The minimum absolute atomic E-state index is 0.0109. The van der Waals surface area contributed by atoms with Gasteiger partial charge in [0.2, 0.25) is 10.0 Å². The number of nitrogens with one attached hydrogen (secondary N) is 2. The van der Waals surface area contributed by atoms with Gasteiger partial charge in [-0.05, 0) is 61.5 Å². The quantitative estimate of drug-likeness (QED) is 0.197. The monoisotopic (exact) mass is 626 g/mol. The number of aromatic hydroxyl groups is 1. The number of alkyl halides is 3. The molecule has 0 atom stereocenters. The van der Waals surface area contributed by atoms with Crippen LogP contribution in [-0.2, 0) is 22.7 Å². The summed E-state index contributed by atoms with van der Waals surface area (Å²) in [4.78, 5) is 17.9. The van der Waals surface area contributed by atoms with Crippen LogP contribution < -0.4 is 21.3 Å². The Hall–Kier alpha value is -3.43. The molecule has 4 rings (SSSR count). The van der Waals surface area contributed by atoms with Crippen molar-refractivity contribution in [3.05, 3.63) is 76.4 Å². The highest BCUT2D eigenvalue weighted by Gasteiger charge is 2.34. The lowest BCUT2D eigenvalue weighted by molar-refractivity contribution is -0.137. The van der Waals surface area contributed by atoms with Crippen LogP contribution in [0.1, 0.15) is 27.9 Å². The molecule has 1 aromatic heterocycles. The Morgan fingerprint density at radius 2 is 1.81 bits per heavy atom. The minimum Gasteiger partial charge on any atom is -0.506 e. The first-order chi connectivity index (χ1) is 19.9. The van der Waals surface area contributed by atoms with E-state index in [4.69, 9.17) is 17.3 Å². The van der Waals surface area contributed by atoms with Gasteiger partial charge >= 0.3 is 6.18 Å². The van der Waals surface area contributed by atoms with Crippen molar-refractivity contribution >= 4 is 39.0 Å². The van der Waals surface area contributed by atoms with Gasteiger partial charge in [-0.25, -0.2) is 13.4 Å². The second-order valence-electron chi connectivity index (χ2n) is 9.58. The number of carbonyl (C=O) groups is 1. The zero-order valence-electron chi connectivity index (χ0n) is 22.4. The number of benzene rings is 2. The van der Waals surface area contributed by atoms with Gasteiger partial charge in [-0.2, -0.15) is 17.5 Å². The number of amides is 1. The van der Waals surface area contributed by atoms with E-state index in [9.17, 15) is 31.5 Å². The summed E-state index contributed by atoms with van der Waals surface area (Å²) in [7, 11) is -4.15. The second-order valence-corrected chi connectivity index (χ2v) is 11.9. The van der Waals surface area contributed by atoms with Crippen LogP contribution >= 0.6 is 11.6 Å². The molecule has 0 bridgehead atoms. The molecule has 0 spiro atoms. The van der Waals surface area contributed by atoms with E-state index >= 15 is 0 Å². The first-order valence-corrected chi connectivity index (χ1v) is 14.8. The van der Waals surface area contributed by atoms with Crippen molar-refractivity contribution in [2.75, 3.05) is 49.5 Å². The Morgan fingerprint density at radius 3 is 2.48 bits per heavy atom. The predicted molar refractivity (Wildman–Crippen MR) is 153 cm³/mol. The molecule has 226 valence electrons. The van der Waals surface area contributed by atoms with Crippen molar-refractivity contribution < 1.29 is 31.5 Å². The fourth-order valence-corrected chi connectivity index (χ4v) is 6.09. The van der Waals surface area contributed by atoms with E-state index in [2.05, 4.69) is 15.6 Å². The van der Waals surface area contributed by atoms with Crippen LogP contribution in [0.5, 0.6) is 5.75 Å². The number of hydrogen-bond acceptors (Lipinski definition) is 8. The van der Waals surface area contributed by atoms with Gasteiger partial charge in [0, 0.05) is 50.0 Å². The van der Waals surface area contributed by atoms with Crippen molar-refractivity contribution in [3.8, 4) is 5.75 Å². The van der Waals surface area contributed by atoms with E-state index in [1.54, 1.807) is 18.2 Å². The third-order valence-electron chi connectivity index (χ3n) is 6.58. The maximum atomic E-state index is 13.3. The number of pyridine rings is 1. The molecule has 2 heterocycles. The number of aromatic nitrogens is 1. The Balaban J connectivity index is 1.40. The maximum Gasteiger partial charge on any atom is 0.416 e. The van der Waals surface area contributed by atoms with E-state index in [0.717, 1.165) is 41.0 Å². The Labute approximate surface area is 246 Å². The van der Waals surface area contributed by atoms with Gasteiger partial charge in [-0.15, -0.1) is 0 Å². The molecule has 5 N–H and O–H groups in total. The average Bonchev–Trinajstić information content (AvgIpc) is 2.95. The number of halogens is 4. The average molecular weight is 627 g/mol. The fourth-order valence-electron chi connectivity index (χ4n) is 4.40. The molecule has 0 radical (unpaired) electrons. The number of nitrogens with two attached hydrogens (primary N) is 1. The van der Waals surface area contributed by atoms with E-state index in [1.165, 1.54) is 17.0 Å². The predicted octanol–water partition coefficient (Wildman–Crippen LogP) is 3.66. The highest BCUT2D eigenvalue weighted by molar-refractivity contribution is 7.89. The van der Waals surface area contributed by atoms with Crippen molar-refractivity contribution in [3.63, 3.8) is 0 Å². The van der Waals surface area contributed by atoms with Crippen LogP contribution in [0.2, 0.25) is 5.15 Å². The molecular formula is C27H30ClF3N6O4S. The van der Waals surface area contributed by atoms with Gasteiger partial charge < -0.3 is 26.4 Å². The molecule has 10 nitrogen and oxygen atoms in total. The molecular weight excluding hydrogens is 597 g/mol. The number of phenols is 1. The number of phenolic OH excluding ortho intramolecular Hbond substituents is 1. The Morgan fingerprint density at radius 1 is 1.07 bits per heavy atom. The standard InChI is InChI=1S/C27H30ClF3N6O4S/c28-24-14-20(27(29,30)31)15-25(35-24)36-9-11-37(12-10-36)42(40,41)23-6-5-21(16-22(23)38)34-26(39)19-4-1-3-18(13-19)17-33-8-2-7-32/h1,3-6,13-16,33,38H,2,7-12,17,32H2,(H,34,39). The highest BCUT2D eigenvalue weighted by Crippen LogP contribution is 2.34. The van der Waals surface area contributed by atoms with E-state index < -0.39 is 33.4 Å². The van der Waals surface area contributed by atoms with Crippen molar-refractivity contribution in [2.24, 2.45) is 5.73 Å². The van der Waals surface area contributed by atoms with Crippen molar-refractivity contribution in [1.82, 2.24) is 14.6 Å². The molecule has 0 saturated carbocycles. The van der Waals surface area contributed by atoms with Crippen LogP contribution in [0, 0.1) is 0 Å². The van der Waals surface area contributed by atoms with Crippen LogP contribution in [0.3, 0.4) is 0 Å². The lowest BCUT2D eigenvalue weighted by Gasteiger charge is -2.35. The number of carbonyl (C=O) groups excluding carboxylic acids is 1. The van der Waals surface area contributed by atoms with Gasteiger partial charge in [-0.1, -0.05) is 23.7 Å². The molecule has 1 aliphatic rings. The van der Waals surface area contributed by atoms with E-state index in [1.807, 2.05) is 6.07 Å². The van der Waals surface area contributed by atoms with Gasteiger partial charge in [-0.3, -0.25) is 4.79 Å². The topological polar surface area (TPSA) is 141 Å². The molecule has 1 saturated heterocycles. The number of hydrogen-bond donors (Lipinski definition) is 4. The molecule has 0 aliphatic carbocycles. The van der Waals surface area contributed by atoms with Gasteiger partial charge in [0.25, 0.3) is 5.91 Å². The SMILES string of the molecule is NCCCNCc1cccc(C(=O)Nc2ccc(S(=O)(=O)N3CCN(c4cc(C(F)(F)F)cc(Cl)n4)CC3)c(O)c2)c1. The molecule has 1 aliphatic heterocycles. The Kier molecular flexibility index (Phi) is 9.94. The highest BCUT2D eigenvalue weighted by atomic mass is 35.5. The Bertz CT molecular complexity index is 1530. The summed E-state index contributed by atoms with van der Waals surface area (Å²) in [5, 5.41) is 16.1. The summed E-state index contributed by atoms with van der Waals surface area (Å²) >= 11 is 5.78. The minimum atomic E-state index is -4.61. The fraction of sp³-hybridized carbons (Fsp3) is 0.333. The lowest BCUT2D eigenvalue weighted by Crippen LogP contribution is -2.49. The zero-order valence-corrected chi connectivity index (χ0v) is 23.9. The second kappa shape index (κ2) is 13.3. The summed E-state index contributed by atoms with van der Waals surface area (Å²) in [6, 6.07) is 12.3. The lowest BCUT2D eigenvalue weighted by atomic mass is 10.1. The summed E-state index contributed by atoms with van der Waals surface area (Å²) < 4.78 is 67.2. The summed E-state index contributed by atoms with van der Waals surface area (Å²) in [5.41, 5.74) is 6.02. The number of rotatable bonds is 10. The first kappa shape index (κ1) is 31.5. The third-order valence-corrected chi connectivity index (χ3v) is 8.72. The van der Waals surface area contributed by atoms with Crippen LogP contribution in [0.15, 0.2) is 59.5 Å². The first-order valence-electron chi connectivity index (χ1n) is 13.0. The molecule has 2 aromatic carbocycles. The molecule has 1 amide bonds. The number of anilines is 2. The van der Waals surface area contributed by atoms with Crippen molar-refractivity contribution in [1.29, 1.82) is 0 Å². The summed E-state index contributed by atoms with van der Waals surface area (Å²) in [6.07, 6.45) is -3.78. The molecule has 0 unspecified atom stereocenters. The number of piperazine rings is 1. The third kappa shape index (κ3) is 7.69. The van der Waals surface area contributed by atoms with Crippen molar-refractivity contribution in [2.45, 2.75) is 24.0 Å². The van der Waals surface area contributed by atoms with Crippen LogP contribution in [0.25, 0.3) is 0 Å². The van der Waals surface area contributed by atoms with Gasteiger partial charge in [0.05, 0.1) is 5.56 Å². The maximum absolute atomic E-state index is 13.3. The van der Waals surface area contributed by atoms with E-state index in [0.29, 0.717) is 18.7 Å². The summed E-state index contributed by atoms with van der Waals surface area (Å²) in [5.74, 6) is -1.00. The van der Waals surface area contributed by atoms with Crippen LogP contribution in [0.4, 0.5) is 24.7 Å². The number of nitrogens with zero attached hydrogens (tertiary/aromatic N) is 3. The largest absolute Gasteiger partial charge is 0.506 e. The van der Waals surface area contributed by atoms with Crippen LogP contribution in [-0.4, -0.2) is 68.0 Å². The zero-order chi connectivity index (χ0) is 30.5. The number of sulfonamides is 1. The smallest absolute Gasteiger partial charge is 0.416 e. The molecule has 1 fully saturated rings. The normalized spacial score (nSPS) is 14.6.